The summed E-state index contributed by atoms with van der Waals surface area (Å²) in [4.78, 5) is 3.96. The maximum atomic E-state index is 10.0. The Morgan fingerprint density at radius 1 is 1.23 bits per heavy atom. The summed E-state index contributed by atoms with van der Waals surface area (Å²) in [6.45, 7) is 0. The third kappa shape index (κ3) is 2.26. The quantitative estimate of drug-likeness (QED) is 0.393. The molecule has 1 aliphatic rings. The second-order valence-electron chi connectivity index (χ2n) is 4.82. The number of halogens is 1. The van der Waals surface area contributed by atoms with E-state index in [1.807, 2.05) is 30.5 Å². The monoisotopic (exact) mass is 330 g/mol. The van der Waals surface area contributed by atoms with E-state index in [0.29, 0.717) is 16.7 Å². The molecule has 0 fully saturated rings. The van der Waals surface area contributed by atoms with Crippen LogP contribution in [-0.4, -0.2) is 16.1 Å². The molecule has 0 unspecified atom stereocenters. The van der Waals surface area contributed by atoms with Gasteiger partial charge in [0.25, 0.3) is 0 Å². The first-order valence-electron chi connectivity index (χ1n) is 6.58. The lowest BCUT2D eigenvalue weighted by molar-refractivity contribution is 0.476. The van der Waals surface area contributed by atoms with Gasteiger partial charge in [0.05, 0.1) is 16.3 Å². The van der Waals surface area contributed by atoms with Crippen LogP contribution >= 0.6 is 23.5 Å². The zero-order chi connectivity index (χ0) is 15.1. The van der Waals surface area contributed by atoms with Crippen LogP contribution in [0.25, 0.3) is 10.9 Å². The molecule has 0 radical (unpaired) electrons. The highest BCUT2D eigenvalue weighted by Crippen LogP contribution is 2.40. The number of benzene rings is 2. The van der Waals surface area contributed by atoms with Crippen LogP contribution in [0.15, 0.2) is 51.9 Å². The number of guanidine groups is 1. The molecule has 0 saturated heterocycles. The molecular formula is C15H11ClN4OS. The molecule has 0 amide bonds. The second-order valence-corrected chi connectivity index (χ2v) is 6.07. The number of aromatic nitrogens is 1. The largest absolute Gasteiger partial charge is 0.506 e. The Kier molecular flexibility index (Phi) is 3.13. The summed E-state index contributed by atoms with van der Waals surface area (Å²) in [5.41, 5.74) is 2.58. The summed E-state index contributed by atoms with van der Waals surface area (Å²) >= 11 is 7.19. The number of anilines is 2. The second kappa shape index (κ2) is 5.15. The van der Waals surface area contributed by atoms with Gasteiger partial charge in [0.2, 0.25) is 5.96 Å². The topological polar surface area (TPSA) is 72.4 Å². The van der Waals surface area contributed by atoms with Gasteiger partial charge in [-0.05, 0) is 24.3 Å². The van der Waals surface area contributed by atoms with Crippen molar-refractivity contribution in [1.29, 1.82) is 0 Å². The molecule has 4 N–H and O–H groups in total. The lowest BCUT2D eigenvalue weighted by Gasteiger charge is -2.20. The zero-order valence-electron chi connectivity index (χ0n) is 11.2. The molecule has 7 heteroatoms. The van der Waals surface area contributed by atoms with Crippen molar-refractivity contribution in [3.05, 3.63) is 47.6 Å². The average molecular weight is 331 g/mol. The average Bonchev–Trinajstić information content (AvgIpc) is 2.97. The highest BCUT2D eigenvalue weighted by Gasteiger charge is 2.18. The minimum atomic E-state index is 0.101. The van der Waals surface area contributed by atoms with E-state index in [-0.39, 0.29) is 5.75 Å². The molecule has 0 saturated carbocycles. The van der Waals surface area contributed by atoms with Crippen molar-refractivity contribution >= 4 is 51.8 Å². The van der Waals surface area contributed by atoms with E-state index < -0.39 is 0 Å². The van der Waals surface area contributed by atoms with Crippen molar-refractivity contribution in [2.75, 3.05) is 10.6 Å². The molecule has 2 heterocycles. The zero-order valence-corrected chi connectivity index (χ0v) is 12.8. The van der Waals surface area contributed by atoms with Crippen molar-refractivity contribution in [2.24, 2.45) is 4.40 Å². The Morgan fingerprint density at radius 2 is 2.14 bits per heavy atom. The lowest BCUT2D eigenvalue weighted by atomic mass is 10.2. The van der Waals surface area contributed by atoms with Crippen molar-refractivity contribution in [2.45, 2.75) is 4.90 Å². The molecule has 0 bridgehead atoms. The smallest absolute Gasteiger partial charge is 0.212 e. The number of H-pyrrole nitrogens is 1. The van der Waals surface area contributed by atoms with Gasteiger partial charge in [0.15, 0.2) is 0 Å². The minimum Gasteiger partial charge on any atom is -0.506 e. The summed E-state index contributed by atoms with van der Waals surface area (Å²) in [5.74, 6) is 0.660. The summed E-state index contributed by atoms with van der Waals surface area (Å²) in [7, 11) is 0. The molecule has 1 aliphatic heterocycles. The van der Waals surface area contributed by atoms with Gasteiger partial charge in [-0.25, -0.2) is 0 Å². The van der Waals surface area contributed by atoms with Gasteiger partial charge < -0.3 is 20.7 Å². The molecule has 0 spiro atoms. The van der Waals surface area contributed by atoms with Crippen LogP contribution in [0.1, 0.15) is 0 Å². The van der Waals surface area contributed by atoms with E-state index in [4.69, 9.17) is 11.6 Å². The molecule has 4 rings (SSSR count). The van der Waals surface area contributed by atoms with Gasteiger partial charge in [-0.2, -0.15) is 4.40 Å². The molecular weight excluding hydrogens is 320 g/mol. The van der Waals surface area contributed by atoms with Gasteiger partial charge in [-0.1, -0.05) is 17.7 Å². The van der Waals surface area contributed by atoms with Gasteiger partial charge in [-0.15, -0.1) is 0 Å². The number of phenolic OH excluding ortho intramolecular Hbond substituents is 1. The maximum Gasteiger partial charge on any atom is 0.212 e. The van der Waals surface area contributed by atoms with Crippen molar-refractivity contribution in [1.82, 2.24) is 4.98 Å². The maximum absolute atomic E-state index is 10.0. The van der Waals surface area contributed by atoms with Crippen LogP contribution in [0.3, 0.4) is 0 Å². The third-order valence-electron chi connectivity index (χ3n) is 3.37. The summed E-state index contributed by atoms with van der Waals surface area (Å²) in [6.07, 6.45) is 1.89. The predicted molar refractivity (Wildman–Crippen MR) is 92.0 cm³/mol. The molecule has 0 aliphatic carbocycles. The SMILES string of the molecule is Oc1cc(Cl)cc2c1NC(Nc1cccc3[nH]ccc13)=NS2. The van der Waals surface area contributed by atoms with Crippen LogP contribution in [0.5, 0.6) is 5.75 Å². The van der Waals surface area contributed by atoms with E-state index in [2.05, 4.69) is 20.0 Å². The number of nitrogens with one attached hydrogen (secondary N) is 3. The first-order chi connectivity index (χ1) is 10.7. The van der Waals surface area contributed by atoms with Gasteiger partial charge in [0.1, 0.15) is 5.75 Å². The van der Waals surface area contributed by atoms with Crippen LogP contribution in [0.4, 0.5) is 11.4 Å². The molecule has 0 atom stereocenters. The van der Waals surface area contributed by atoms with Crippen LogP contribution < -0.4 is 10.6 Å². The summed E-state index contributed by atoms with van der Waals surface area (Å²) in [6, 6.07) is 11.2. The number of hydrogen-bond acceptors (Lipinski definition) is 5. The molecule has 22 heavy (non-hydrogen) atoms. The fourth-order valence-electron chi connectivity index (χ4n) is 2.38. The molecule has 2 aromatic carbocycles. The van der Waals surface area contributed by atoms with E-state index >= 15 is 0 Å². The van der Waals surface area contributed by atoms with Crippen molar-refractivity contribution in [3.63, 3.8) is 0 Å². The highest BCUT2D eigenvalue weighted by atomic mass is 35.5. The number of rotatable bonds is 1. The third-order valence-corrected chi connectivity index (χ3v) is 4.38. The lowest BCUT2D eigenvalue weighted by Crippen LogP contribution is -2.23. The Hall–Kier alpha value is -2.31. The number of aromatic hydroxyl groups is 1. The van der Waals surface area contributed by atoms with Crippen LogP contribution in [0.2, 0.25) is 5.02 Å². The molecule has 3 aromatic rings. The van der Waals surface area contributed by atoms with Crippen molar-refractivity contribution in [3.8, 4) is 5.75 Å². The first kappa shape index (κ1) is 13.4. The van der Waals surface area contributed by atoms with Crippen LogP contribution in [-0.2, 0) is 0 Å². The van der Waals surface area contributed by atoms with E-state index in [1.165, 1.54) is 18.0 Å². The Labute approximate surface area is 135 Å². The standard InChI is InChI=1S/C15H11ClN4OS/c16-8-6-12(21)14-13(7-8)22-20-15(19-14)18-11-3-1-2-10-9(11)4-5-17-10/h1-7,17,21H,(H2,18,19,20). The highest BCUT2D eigenvalue weighted by molar-refractivity contribution is 7.98. The normalized spacial score (nSPS) is 13.4. The van der Waals surface area contributed by atoms with Gasteiger partial charge >= 0.3 is 0 Å². The first-order valence-corrected chi connectivity index (χ1v) is 7.73. The predicted octanol–water partition coefficient (Wildman–Crippen LogP) is 4.43. The number of phenols is 1. The number of hydrogen-bond donors (Lipinski definition) is 4. The van der Waals surface area contributed by atoms with E-state index in [1.54, 1.807) is 6.07 Å². The molecule has 5 nitrogen and oxygen atoms in total. The Bertz CT molecular complexity index is 906. The van der Waals surface area contributed by atoms with E-state index in [9.17, 15) is 5.11 Å². The number of nitrogens with zero attached hydrogens (tertiary/aromatic N) is 1. The summed E-state index contributed by atoms with van der Waals surface area (Å²) < 4.78 is 4.37. The Balaban J connectivity index is 1.65. The fraction of sp³-hybridized carbons (Fsp3) is 0. The van der Waals surface area contributed by atoms with Crippen LogP contribution in [0, 0.1) is 0 Å². The molecule has 1 aromatic heterocycles. The van der Waals surface area contributed by atoms with Crippen molar-refractivity contribution < 1.29 is 5.11 Å². The summed E-state index contributed by atoms with van der Waals surface area (Å²) in [5, 5.41) is 17.9. The van der Waals surface area contributed by atoms with Gasteiger partial charge in [0, 0.05) is 40.1 Å². The number of fused-ring (bicyclic) bond motifs is 2. The van der Waals surface area contributed by atoms with E-state index in [0.717, 1.165) is 21.5 Å². The fourth-order valence-corrected chi connectivity index (χ4v) is 3.36. The number of aromatic amines is 1. The molecule has 110 valence electrons. The Morgan fingerprint density at radius 3 is 3.05 bits per heavy atom. The minimum absolute atomic E-state index is 0.101. The van der Waals surface area contributed by atoms with Gasteiger partial charge in [-0.3, -0.25) is 0 Å².